The Hall–Kier alpha value is -0.650. The van der Waals surface area contributed by atoms with E-state index in [1.807, 2.05) is 6.20 Å². The van der Waals surface area contributed by atoms with Crippen LogP contribution in [0, 0.1) is 0 Å². The summed E-state index contributed by atoms with van der Waals surface area (Å²) >= 11 is 1.57. The molecule has 1 aromatic heterocycles. The summed E-state index contributed by atoms with van der Waals surface area (Å²) in [6.45, 7) is 6.96. The number of thiazole rings is 1. The lowest BCUT2D eigenvalue weighted by Crippen LogP contribution is -2.48. The average Bonchev–Trinajstić information content (AvgIpc) is 2.58. The molecule has 2 atom stereocenters. The van der Waals surface area contributed by atoms with Crippen molar-refractivity contribution in [1.29, 1.82) is 0 Å². The summed E-state index contributed by atoms with van der Waals surface area (Å²) in [5.74, 6) is 0. The zero-order chi connectivity index (χ0) is 10.8. The highest BCUT2D eigenvalue weighted by Gasteiger charge is 2.25. The van der Waals surface area contributed by atoms with Crippen LogP contribution in [0.15, 0.2) is 6.20 Å². The topological polar surface area (TPSA) is 51.4 Å². The van der Waals surface area contributed by atoms with Gasteiger partial charge in [0.15, 0.2) is 5.13 Å². The van der Waals surface area contributed by atoms with Gasteiger partial charge in [-0.25, -0.2) is 4.98 Å². The quantitative estimate of drug-likeness (QED) is 0.828. The van der Waals surface area contributed by atoms with Gasteiger partial charge in [-0.15, -0.1) is 11.3 Å². The Morgan fingerprint density at radius 3 is 2.73 bits per heavy atom. The molecular weight excluding hydrogens is 210 g/mol. The Bertz CT molecular complexity index is 318. The Morgan fingerprint density at radius 1 is 1.53 bits per heavy atom. The lowest BCUT2D eigenvalue weighted by atomic mass is 10.2. The Balaban J connectivity index is 2.03. The first-order valence-corrected chi connectivity index (χ1v) is 6.02. The number of hydrogen-bond acceptors (Lipinski definition) is 5. The Kier molecular flexibility index (Phi) is 3.23. The van der Waals surface area contributed by atoms with Crippen LogP contribution < -0.4 is 5.73 Å². The second-order valence-corrected chi connectivity index (χ2v) is 5.22. The summed E-state index contributed by atoms with van der Waals surface area (Å²) in [6, 6.07) is 0.939. The second-order valence-electron chi connectivity index (χ2n) is 4.07. The minimum Gasteiger partial charge on any atom is -0.378 e. The van der Waals surface area contributed by atoms with Crippen molar-refractivity contribution in [2.24, 2.45) is 0 Å². The van der Waals surface area contributed by atoms with Crippen molar-refractivity contribution >= 4 is 16.5 Å². The van der Waals surface area contributed by atoms with Gasteiger partial charge in [-0.1, -0.05) is 0 Å². The highest BCUT2D eigenvalue weighted by atomic mass is 32.1. The molecule has 0 radical (unpaired) electrons. The van der Waals surface area contributed by atoms with E-state index in [1.54, 1.807) is 11.3 Å². The number of rotatable bonds is 2. The molecule has 1 aliphatic rings. The lowest BCUT2D eigenvalue weighted by Gasteiger charge is -2.38. The highest BCUT2D eigenvalue weighted by molar-refractivity contribution is 7.15. The molecule has 0 saturated carbocycles. The van der Waals surface area contributed by atoms with Crippen LogP contribution in [-0.2, 0) is 11.3 Å². The van der Waals surface area contributed by atoms with Gasteiger partial charge in [0.25, 0.3) is 0 Å². The van der Waals surface area contributed by atoms with E-state index in [0.717, 1.165) is 19.8 Å². The van der Waals surface area contributed by atoms with Crippen LogP contribution in [0.5, 0.6) is 0 Å². The fourth-order valence-electron chi connectivity index (χ4n) is 1.92. The predicted octanol–water partition coefficient (Wildman–Crippen LogP) is 1.33. The molecule has 1 fully saturated rings. The van der Waals surface area contributed by atoms with Gasteiger partial charge in [-0.3, -0.25) is 4.90 Å². The number of anilines is 1. The van der Waals surface area contributed by atoms with Crippen LogP contribution in [0.1, 0.15) is 18.7 Å². The maximum Gasteiger partial charge on any atom is 0.180 e. The van der Waals surface area contributed by atoms with Crippen LogP contribution >= 0.6 is 11.3 Å². The van der Waals surface area contributed by atoms with Crippen molar-refractivity contribution in [2.75, 3.05) is 18.9 Å². The first-order valence-electron chi connectivity index (χ1n) is 5.20. The van der Waals surface area contributed by atoms with Gasteiger partial charge in [-0.2, -0.15) is 0 Å². The van der Waals surface area contributed by atoms with Crippen LogP contribution in [0.3, 0.4) is 0 Å². The number of aromatic nitrogens is 1. The predicted molar refractivity (Wildman–Crippen MR) is 61.8 cm³/mol. The molecule has 1 aromatic rings. The van der Waals surface area contributed by atoms with Crippen molar-refractivity contribution in [3.63, 3.8) is 0 Å². The summed E-state index contributed by atoms with van der Waals surface area (Å²) in [6.07, 6.45) is 1.87. The summed E-state index contributed by atoms with van der Waals surface area (Å²) in [7, 11) is 0. The summed E-state index contributed by atoms with van der Waals surface area (Å²) in [5.41, 5.74) is 5.62. The van der Waals surface area contributed by atoms with E-state index < -0.39 is 0 Å². The smallest absolute Gasteiger partial charge is 0.180 e. The zero-order valence-electron chi connectivity index (χ0n) is 9.14. The minimum absolute atomic E-state index is 0.470. The fourth-order valence-corrected chi connectivity index (χ4v) is 2.62. The van der Waals surface area contributed by atoms with Gasteiger partial charge >= 0.3 is 0 Å². The third-order valence-electron chi connectivity index (χ3n) is 2.76. The molecule has 0 aromatic carbocycles. The molecule has 2 heterocycles. The monoisotopic (exact) mass is 227 g/mol. The molecule has 15 heavy (non-hydrogen) atoms. The normalized spacial score (nSPS) is 28.1. The van der Waals surface area contributed by atoms with Crippen LogP contribution in [0.2, 0.25) is 0 Å². The Labute approximate surface area is 94.1 Å². The van der Waals surface area contributed by atoms with Gasteiger partial charge in [0.1, 0.15) is 0 Å². The van der Waals surface area contributed by atoms with E-state index in [9.17, 15) is 0 Å². The molecule has 2 rings (SSSR count). The van der Waals surface area contributed by atoms with Crippen molar-refractivity contribution in [1.82, 2.24) is 9.88 Å². The maximum absolute atomic E-state index is 5.62. The molecule has 1 aliphatic heterocycles. The highest BCUT2D eigenvalue weighted by Crippen LogP contribution is 2.21. The lowest BCUT2D eigenvalue weighted by molar-refractivity contribution is -0.0405. The largest absolute Gasteiger partial charge is 0.378 e. The van der Waals surface area contributed by atoms with Crippen molar-refractivity contribution in [2.45, 2.75) is 32.5 Å². The molecule has 4 nitrogen and oxygen atoms in total. The van der Waals surface area contributed by atoms with Gasteiger partial charge < -0.3 is 10.5 Å². The summed E-state index contributed by atoms with van der Waals surface area (Å²) in [5, 5.41) is 0.651. The van der Waals surface area contributed by atoms with E-state index in [2.05, 4.69) is 23.7 Å². The van der Waals surface area contributed by atoms with E-state index >= 15 is 0 Å². The van der Waals surface area contributed by atoms with Crippen LogP contribution in [-0.4, -0.2) is 35.2 Å². The third kappa shape index (κ3) is 2.48. The van der Waals surface area contributed by atoms with Crippen LogP contribution in [0.25, 0.3) is 0 Å². The molecule has 0 amide bonds. The maximum atomic E-state index is 5.62. The van der Waals surface area contributed by atoms with Crippen LogP contribution in [0.4, 0.5) is 5.13 Å². The van der Waals surface area contributed by atoms with Crippen molar-refractivity contribution in [3.05, 3.63) is 11.1 Å². The standard InChI is InChI=1S/C10H17N3OS/c1-7-5-14-6-8(2)13(7)4-9-3-12-10(11)15-9/h3,7-8H,4-6H2,1-2H3,(H2,11,12). The number of nitrogen functional groups attached to an aromatic ring is 1. The number of nitrogens with zero attached hydrogens (tertiary/aromatic N) is 2. The SMILES string of the molecule is CC1COCC(C)N1Cc1cnc(N)s1. The number of hydrogen-bond donors (Lipinski definition) is 1. The van der Waals surface area contributed by atoms with Gasteiger partial charge in [-0.05, 0) is 13.8 Å². The summed E-state index contributed by atoms with van der Waals surface area (Å²) in [4.78, 5) is 7.74. The molecule has 0 bridgehead atoms. The van der Waals surface area contributed by atoms with Gasteiger partial charge in [0, 0.05) is 29.7 Å². The fraction of sp³-hybridized carbons (Fsp3) is 0.700. The second kappa shape index (κ2) is 4.47. The first kappa shape index (κ1) is 10.9. The average molecular weight is 227 g/mol. The summed E-state index contributed by atoms with van der Waals surface area (Å²) < 4.78 is 5.49. The van der Waals surface area contributed by atoms with E-state index in [0.29, 0.717) is 17.2 Å². The molecule has 0 aliphatic carbocycles. The first-order chi connectivity index (χ1) is 7.16. The van der Waals surface area contributed by atoms with E-state index in [1.165, 1.54) is 4.88 Å². The molecule has 1 saturated heterocycles. The zero-order valence-corrected chi connectivity index (χ0v) is 9.96. The Morgan fingerprint density at radius 2 is 2.20 bits per heavy atom. The minimum atomic E-state index is 0.470. The van der Waals surface area contributed by atoms with Gasteiger partial charge in [0.2, 0.25) is 0 Å². The molecule has 2 N–H and O–H groups in total. The molecule has 84 valence electrons. The molecule has 2 unspecified atom stereocenters. The molecule has 0 spiro atoms. The van der Waals surface area contributed by atoms with Gasteiger partial charge in [0.05, 0.1) is 13.2 Å². The molecule has 5 heteroatoms. The number of morpholine rings is 1. The number of nitrogens with two attached hydrogens (primary N) is 1. The molecular formula is C10H17N3OS. The number of ether oxygens (including phenoxy) is 1. The van der Waals surface area contributed by atoms with Crippen molar-refractivity contribution in [3.8, 4) is 0 Å². The van der Waals surface area contributed by atoms with E-state index in [4.69, 9.17) is 10.5 Å². The van der Waals surface area contributed by atoms with E-state index in [-0.39, 0.29) is 0 Å². The third-order valence-corrected chi connectivity index (χ3v) is 3.57. The van der Waals surface area contributed by atoms with Crippen molar-refractivity contribution < 1.29 is 4.74 Å².